The molecule has 1 aromatic rings. The van der Waals surface area contributed by atoms with Crippen molar-refractivity contribution in [3.05, 3.63) is 16.9 Å². The Morgan fingerprint density at radius 3 is 3.06 bits per heavy atom. The molecule has 2 unspecified atom stereocenters. The molecule has 1 saturated carbocycles. The summed E-state index contributed by atoms with van der Waals surface area (Å²) in [4.78, 5) is 0. The van der Waals surface area contributed by atoms with E-state index in [0.717, 1.165) is 25.1 Å². The Kier molecular flexibility index (Phi) is 3.24. The molecule has 0 bridgehead atoms. The maximum absolute atomic E-state index is 10.6. The zero-order valence-corrected chi connectivity index (χ0v) is 10.2. The summed E-state index contributed by atoms with van der Waals surface area (Å²) in [5, 5.41) is 15.3. The molecule has 3 N–H and O–H groups in total. The van der Waals surface area contributed by atoms with Crippen LogP contribution in [0.2, 0.25) is 5.02 Å². The van der Waals surface area contributed by atoms with Crippen molar-refractivity contribution in [3.63, 3.8) is 0 Å². The molecule has 1 fully saturated rings. The molecular formula is C11H18ClN3O. The summed E-state index contributed by atoms with van der Waals surface area (Å²) in [6, 6.07) is 0.0612. The number of hydrogen-bond acceptors (Lipinski definition) is 3. The number of rotatable bonds is 3. The molecule has 1 aromatic heterocycles. The quantitative estimate of drug-likeness (QED) is 0.849. The van der Waals surface area contributed by atoms with Crippen LogP contribution >= 0.6 is 11.6 Å². The number of aliphatic hydroxyl groups is 1. The van der Waals surface area contributed by atoms with Gasteiger partial charge in [0.2, 0.25) is 0 Å². The third kappa shape index (κ3) is 1.97. The van der Waals surface area contributed by atoms with Crippen LogP contribution in [-0.4, -0.2) is 20.9 Å². The van der Waals surface area contributed by atoms with Crippen LogP contribution in [0.25, 0.3) is 0 Å². The second-order valence-electron chi connectivity index (χ2n) is 4.60. The van der Waals surface area contributed by atoms with Crippen LogP contribution in [0.3, 0.4) is 0 Å². The number of aromatic nitrogens is 2. The monoisotopic (exact) mass is 243 g/mol. The summed E-state index contributed by atoms with van der Waals surface area (Å²) in [7, 11) is 0. The van der Waals surface area contributed by atoms with E-state index in [9.17, 15) is 5.11 Å². The molecule has 2 rings (SSSR count). The highest BCUT2D eigenvalue weighted by atomic mass is 35.5. The zero-order chi connectivity index (χ0) is 11.8. The summed E-state index contributed by atoms with van der Waals surface area (Å²) in [5.41, 5.74) is 5.71. The number of nitrogens with two attached hydrogens (primary N) is 1. The first-order valence-corrected chi connectivity index (χ1v) is 6.14. The Bertz CT molecular complexity index is 379. The molecule has 90 valence electrons. The van der Waals surface area contributed by atoms with E-state index >= 15 is 0 Å². The summed E-state index contributed by atoms with van der Waals surface area (Å²) < 4.78 is 1.81. The van der Waals surface area contributed by atoms with Gasteiger partial charge in [0.25, 0.3) is 0 Å². The maximum atomic E-state index is 10.6. The minimum absolute atomic E-state index is 0.0612. The standard InChI is InChI=1S/C11H18ClN3O/c1-2-5-15-10(9(12)7-14-15)11(16)4-3-8(13)6-11/h7-8,16H,2-6,13H2,1H3. The topological polar surface area (TPSA) is 64.1 Å². The molecule has 0 amide bonds. The minimum atomic E-state index is -0.887. The van der Waals surface area contributed by atoms with E-state index in [4.69, 9.17) is 17.3 Å². The molecule has 0 aliphatic heterocycles. The fourth-order valence-corrected chi connectivity index (χ4v) is 2.80. The highest BCUT2D eigenvalue weighted by Crippen LogP contribution is 2.40. The zero-order valence-electron chi connectivity index (χ0n) is 9.49. The molecule has 0 aromatic carbocycles. The summed E-state index contributed by atoms with van der Waals surface area (Å²) in [6.07, 6.45) is 4.65. The van der Waals surface area contributed by atoms with Gasteiger partial charge in [-0.2, -0.15) is 5.10 Å². The summed E-state index contributed by atoms with van der Waals surface area (Å²) in [6.45, 7) is 2.85. The van der Waals surface area contributed by atoms with Crippen molar-refractivity contribution in [2.45, 2.75) is 50.8 Å². The van der Waals surface area contributed by atoms with Crippen LogP contribution in [0.15, 0.2) is 6.20 Å². The van der Waals surface area contributed by atoms with Crippen molar-refractivity contribution in [1.82, 2.24) is 9.78 Å². The predicted octanol–water partition coefficient (Wildman–Crippen LogP) is 1.65. The Hall–Kier alpha value is -0.580. The fraction of sp³-hybridized carbons (Fsp3) is 0.727. The van der Waals surface area contributed by atoms with Gasteiger partial charge >= 0.3 is 0 Å². The van der Waals surface area contributed by atoms with Crippen molar-refractivity contribution in [3.8, 4) is 0 Å². The molecule has 1 aliphatic rings. The SMILES string of the molecule is CCCn1ncc(Cl)c1C1(O)CCC(N)C1. The molecule has 5 heteroatoms. The molecule has 1 aliphatic carbocycles. The second-order valence-corrected chi connectivity index (χ2v) is 5.01. The van der Waals surface area contributed by atoms with Crippen LogP contribution in [-0.2, 0) is 12.1 Å². The third-order valence-electron chi connectivity index (χ3n) is 3.20. The van der Waals surface area contributed by atoms with Gasteiger partial charge in [-0.3, -0.25) is 4.68 Å². The highest BCUT2D eigenvalue weighted by Gasteiger charge is 2.41. The van der Waals surface area contributed by atoms with Gasteiger partial charge in [-0.1, -0.05) is 18.5 Å². The average Bonchev–Trinajstić information content (AvgIpc) is 2.73. The van der Waals surface area contributed by atoms with Gasteiger partial charge in [0, 0.05) is 12.6 Å². The first-order chi connectivity index (χ1) is 7.57. The number of halogens is 1. The lowest BCUT2D eigenvalue weighted by atomic mass is 9.97. The lowest BCUT2D eigenvalue weighted by Gasteiger charge is -2.24. The Labute approximate surface area is 100 Å². The van der Waals surface area contributed by atoms with E-state index in [1.165, 1.54) is 0 Å². The second kappa shape index (κ2) is 4.35. The summed E-state index contributed by atoms with van der Waals surface area (Å²) >= 11 is 6.11. The smallest absolute Gasteiger partial charge is 0.109 e. The van der Waals surface area contributed by atoms with Gasteiger partial charge in [-0.25, -0.2) is 0 Å². The normalized spacial score (nSPS) is 29.9. The lowest BCUT2D eigenvalue weighted by molar-refractivity contribution is 0.0336. The number of nitrogens with zero attached hydrogens (tertiary/aromatic N) is 2. The largest absolute Gasteiger partial charge is 0.383 e. The number of hydrogen-bond donors (Lipinski definition) is 2. The van der Waals surface area contributed by atoms with E-state index in [-0.39, 0.29) is 6.04 Å². The van der Waals surface area contributed by atoms with Crippen LogP contribution < -0.4 is 5.73 Å². The van der Waals surface area contributed by atoms with Gasteiger partial charge in [-0.15, -0.1) is 0 Å². The molecule has 2 atom stereocenters. The van der Waals surface area contributed by atoms with E-state index in [0.29, 0.717) is 17.9 Å². The Morgan fingerprint density at radius 2 is 2.50 bits per heavy atom. The van der Waals surface area contributed by atoms with Gasteiger partial charge < -0.3 is 10.8 Å². The minimum Gasteiger partial charge on any atom is -0.383 e. The van der Waals surface area contributed by atoms with E-state index < -0.39 is 5.60 Å². The summed E-state index contributed by atoms with van der Waals surface area (Å²) in [5.74, 6) is 0. The molecule has 1 heterocycles. The van der Waals surface area contributed by atoms with Crippen molar-refractivity contribution < 1.29 is 5.11 Å². The predicted molar refractivity (Wildman–Crippen MR) is 63.3 cm³/mol. The van der Waals surface area contributed by atoms with E-state index in [2.05, 4.69) is 12.0 Å². The van der Waals surface area contributed by atoms with Gasteiger partial charge in [0.1, 0.15) is 5.60 Å². The molecule has 4 nitrogen and oxygen atoms in total. The van der Waals surface area contributed by atoms with Crippen LogP contribution in [0, 0.1) is 0 Å². The lowest BCUT2D eigenvalue weighted by Crippen LogP contribution is -2.29. The number of aryl methyl sites for hydroxylation is 1. The highest BCUT2D eigenvalue weighted by molar-refractivity contribution is 6.31. The first kappa shape index (κ1) is 11.9. The first-order valence-electron chi connectivity index (χ1n) is 5.76. The Balaban J connectivity index is 2.34. The average molecular weight is 244 g/mol. The molecule has 0 radical (unpaired) electrons. The third-order valence-corrected chi connectivity index (χ3v) is 3.48. The molecule has 16 heavy (non-hydrogen) atoms. The van der Waals surface area contributed by atoms with E-state index in [1.54, 1.807) is 10.9 Å². The van der Waals surface area contributed by atoms with Gasteiger partial charge in [0.15, 0.2) is 0 Å². The van der Waals surface area contributed by atoms with Crippen molar-refractivity contribution >= 4 is 11.6 Å². The van der Waals surface area contributed by atoms with Crippen molar-refractivity contribution in [2.75, 3.05) is 0 Å². The van der Waals surface area contributed by atoms with Crippen molar-refractivity contribution in [1.29, 1.82) is 0 Å². The van der Waals surface area contributed by atoms with Gasteiger partial charge in [0.05, 0.1) is 16.9 Å². The van der Waals surface area contributed by atoms with Crippen LogP contribution in [0.1, 0.15) is 38.3 Å². The molecule has 0 spiro atoms. The molecular weight excluding hydrogens is 226 g/mol. The van der Waals surface area contributed by atoms with E-state index in [1.807, 2.05) is 0 Å². The maximum Gasteiger partial charge on any atom is 0.109 e. The van der Waals surface area contributed by atoms with Gasteiger partial charge in [-0.05, 0) is 25.7 Å². The van der Waals surface area contributed by atoms with Crippen LogP contribution in [0.4, 0.5) is 0 Å². The van der Waals surface area contributed by atoms with Crippen molar-refractivity contribution in [2.24, 2.45) is 5.73 Å². The molecule has 0 saturated heterocycles. The fourth-order valence-electron chi connectivity index (χ4n) is 2.48. The van der Waals surface area contributed by atoms with Crippen LogP contribution in [0.5, 0.6) is 0 Å². The Morgan fingerprint density at radius 1 is 1.75 bits per heavy atom.